The molecule has 5 nitrogen and oxygen atoms in total. The van der Waals surface area contributed by atoms with Crippen LogP contribution in [0.1, 0.15) is 11.8 Å². The van der Waals surface area contributed by atoms with Gasteiger partial charge in [-0.1, -0.05) is 41.9 Å². The van der Waals surface area contributed by atoms with Crippen molar-refractivity contribution in [3.63, 3.8) is 0 Å². The first kappa shape index (κ1) is 17.5. The molecule has 0 unspecified atom stereocenters. The number of imidazole rings is 1. The third kappa shape index (κ3) is 3.11. The van der Waals surface area contributed by atoms with Crippen molar-refractivity contribution < 1.29 is 0 Å². The van der Waals surface area contributed by atoms with Crippen molar-refractivity contribution in [2.24, 2.45) is 10.7 Å². The van der Waals surface area contributed by atoms with Gasteiger partial charge in [0, 0.05) is 12.8 Å². The van der Waals surface area contributed by atoms with Crippen molar-refractivity contribution in [3.05, 3.63) is 52.5 Å². The molecule has 0 fully saturated rings. The van der Waals surface area contributed by atoms with Gasteiger partial charge in [-0.05, 0) is 30.5 Å². The number of H-pyrrole nitrogens is 1. The summed E-state index contributed by atoms with van der Waals surface area (Å²) in [5.41, 5.74) is 7.67. The maximum absolute atomic E-state index is 6.56. The topological polar surface area (TPSA) is 70.3 Å². The molecule has 1 aliphatic rings. The smallest absolute Gasteiger partial charge is 0.202 e. The Kier molecular flexibility index (Phi) is 4.46. The molecule has 0 spiro atoms. The van der Waals surface area contributed by atoms with Crippen molar-refractivity contribution in [2.45, 2.75) is 12.5 Å². The zero-order valence-corrected chi connectivity index (χ0v) is 16.8. The number of nitrogens with zero attached hydrogens (tertiary/aromatic N) is 3. The van der Waals surface area contributed by atoms with E-state index in [4.69, 9.17) is 17.3 Å². The predicted molar refractivity (Wildman–Crippen MR) is 112 cm³/mol. The Morgan fingerprint density at radius 2 is 2.08 bits per heavy atom. The monoisotopic (exact) mass is 403 g/mol. The van der Waals surface area contributed by atoms with E-state index < -0.39 is 5.54 Å². The van der Waals surface area contributed by atoms with Crippen LogP contribution in [0.4, 0.5) is 0 Å². The second kappa shape index (κ2) is 6.64. The van der Waals surface area contributed by atoms with E-state index in [0.29, 0.717) is 11.0 Å². The number of nitrogens with one attached hydrogen (secondary N) is 1. The number of benzene rings is 1. The van der Waals surface area contributed by atoms with Gasteiger partial charge in [0.15, 0.2) is 0 Å². The number of nitrogens with two attached hydrogens (primary N) is 1. The molecule has 2 aromatic heterocycles. The maximum Gasteiger partial charge on any atom is 0.202 e. The Balaban J connectivity index is 1.69. The second-order valence-electron chi connectivity index (χ2n) is 6.31. The van der Waals surface area contributed by atoms with Gasteiger partial charge >= 0.3 is 0 Å². The van der Waals surface area contributed by atoms with Crippen LogP contribution < -0.4 is 5.73 Å². The lowest BCUT2D eigenvalue weighted by Crippen LogP contribution is -2.39. The average molecular weight is 404 g/mol. The third-order valence-corrected chi connectivity index (χ3v) is 7.36. The average Bonchev–Trinajstić information content (AvgIpc) is 3.26. The van der Waals surface area contributed by atoms with Gasteiger partial charge in [0.25, 0.3) is 0 Å². The molecule has 8 heteroatoms. The number of hydrogen-bond donors (Lipinski definition) is 2. The maximum atomic E-state index is 6.56. The molecule has 1 aromatic carbocycles. The molecular formula is C18H18ClN5S2. The van der Waals surface area contributed by atoms with Crippen LogP contribution >= 0.6 is 34.9 Å². The highest BCUT2D eigenvalue weighted by molar-refractivity contribution is 7.97. The molecule has 0 radical (unpaired) electrons. The summed E-state index contributed by atoms with van der Waals surface area (Å²) in [4.78, 5) is 14.6. The van der Waals surface area contributed by atoms with Crippen LogP contribution in [0.2, 0.25) is 5.02 Å². The first-order chi connectivity index (χ1) is 12.5. The highest BCUT2D eigenvalue weighted by Crippen LogP contribution is 2.44. The number of rotatable bonds is 3. The van der Waals surface area contributed by atoms with E-state index in [0.717, 1.165) is 32.6 Å². The van der Waals surface area contributed by atoms with Gasteiger partial charge in [-0.15, -0.1) is 11.3 Å². The lowest BCUT2D eigenvalue weighted by molar-refractivity contribution is 0.550. The Morgan fingerprint density at radius 1 is 1.31 bits per heavy atom. The molecule has 3 N–H and O–H groups in total. The standard InChI is InChI=1S/C18H18ClN5S2/c1-18(10-25-24(2)17(20)23-18)15-12(19)8-14(26-15)16-21-9-13(22-16)11-6-4-3-5-7-11/h3-9H,10H2,1-2H3,(H2,20,23)(H,21,22)/t18-/m0/s1. The van der Waals surface area contributed by atoms with Gasteiger partial charge in [0.05, 0.1) is 26.7 Å². The number of hydrogen-bond acceptors (Lipinski definition) is 6. The van der Waals surface area contributed by atoms with Gasteiger partial charge in [0.2, 0.25) is 5.96 Å². The van der Waals surface area contributed by atoms with Gasteiger partial charge in [0.1, 0.15) is 11.4 Å². The zero-order chi connectivity index (χ0) is 18.3. The number of aliphatic imine (C=N–C) groups is 1. The fourth-order valence-corrected chi connectivity index (χ4v) is 5.33. The minimum Gasteiger partial charge on any atom is -0.369 e. The second-order valence-corrected chi connectivity index (χ2v) is 8.87. The number of guanidine groups is 1. The minimum absolute atomic E-state index is 0.434. The summed E-state index contributed by atoms with van der Waals surface area (Å²) < 4.78 is 1.88. The number of thiophene rings is 1. The van der Waals surface area contributed by atoms with Gasteiger partial charge < -0.3 is 10.7 Å². The van der Waals surface area contributed by atoms with E-state index in [1.807, 2.05) is 41.8 Å². The largest absolute Gasteiger partial charge is 0.369 e. The highest BCUT2D eigenvalue weighted by atomic mass is 35.5. The lowest BCUT2D eigenvalue weighted by Gasteiger charge is -2.33. The van der Waals surface area contributed by atoms with Crippen LogP contribution in [0.3, 0.4) is 0 Å². The van der Waals surface area contributed by atoms with Crippen molar-refractivity contribution in [2.75, 3.05) is 12.8 Å². The Hall–Kier alpha value is -1.96. The Morgan fingerprint density at radius 3 is 2.81 bits per heavy atom. The van der Waals surface area contributed by atoms with E-state index >= 15 is 0 Å². The van der Waals surface area contributed by atoms with Crippen molar-refractivity contribution in [1.29, 1.82) is 0 Å². The summed E-state index contributed by atoms with van der Waals surface area (Å²) in [6, 6.07) is 12.1. The van der Waals surface area contributed by atoms with E-state index in [1.165, 1.54) is 0 Å². The molecular weight excluding hydrogens is 386 g/mol. The van der Waals surface area contributed by atoms with E-state index in [-0.39, 0.29) is 0 Å². The zero-order valence-electron chi connectivity index (χ0n) is 14.4. The summed E-state index contributed by atoms with van der Waals surface area (Å²) in [7, 11) is 1.92. The Bertz CT molecular complexity index is 965. The molecule has 1 aliphatic heterocycles. The molecule has 0 saturated heterocycles. The van der Waals surface area contributed by atoms with Crippen molar-refractivity contribution in [3.8, 4) is 22.0 Å². The highest BCUT2D eigenvalue weighted by Gasteiger charge is 2.35. The SMILES string of the molecule is CN1SC[C@@](C)(c2sc(-c3ncc(-c4ccccc4)[nH]3)cc2Cl)N=C1N. The molecule has 0 bridgehead atoms. The molecule has 4 rings (SSSR count). The van der Waals surface area contributed by atoms with Crippen LogP contribution in [0.5, 0.6) is 0 Å². The fourth-order valence-electron chi connectivity index (χ4n) is 2.82. The van der Waals surface area contributed by atoms with Crippen LogP contribution in [0.15, 0.2) is 47.6 Å². The van der Waals surface area contributed by atoms with Gasteiger partial charge in [-0.25, -0.2) is 9.98 Å². The van der Waals surface area contributed by atoms with Crippen LogP contribution in [0.25, 0.3) is 22.0 Å². The first-order valence-corrected chi connectivity index (χ1v) is 10.2. The Labute approximate surface area is 165 Å². The predicted octanol–water partition coefficient (Wildman–Crippen LogP) is 4.58. The molecule has 0 aliphatic carbocycles. The van der Waals surface area contributed by atoms with Crippen LogP contribution in [-0.2, 0) is 5.54 Å². The van der Waals surface area contributed by atoms with E-state index in [2.05, 4.69) is 34.0 Å². The first-order valence-electron chi connectivity index (χ1n) is 8.09. The molecule has 0 amide bonds. The summed E-state index contributed by atoms with van der Waals surface area (Å²) in [5, 5.41) is 0.701. The quantitative estimate of drug-likeness (QED) is 0.628. The third-order valence-electron chi connectivity index (χ3n) is 4.29. The number of aromatic nitrogens is 2. The molecule has 3 heterocycles. The van der Waals surface area contributed by atoms with E-state index in [9.17, 15) is 0 Å². The van der Waals surface area contributed by atoms with Crippen LogP contribution in [-0.4, -0.2) is 33.0 Å². The van der Waals surface area contributed by atoms with Crippen LogP contribution in [0, 0.1) is 0 Å². The summed E-state index contributed by atoms with van der Waals surface area (Å²) in [6.07, 6.45) is 1.85. The summed E-state index contributed by atoms with van der Waals surface area (Å²) in [6.45, 7) is 2.07. The van der Waals surface area contributed by atoms with E-state index in [1.54, 1.807) is 23.3 Å². The molecule has 26 heavy (non-hydrogen) atoms. The molecule has 134 valence electrons. The molecule has 3 aromatic rings. The normalized spacial score (nSPS) is 20.3. The number of aromatic amines is 1. The molecule has 0 saturated carbocycles. The summed E-state index contributed by atoms with van der Waals surface area (Å²) >= 11 is 9.82. The lowest BCUT2D eigenvalue weighted by atomic mass is 10.0. The number of halogens is 1. The minimum atomic E-state index is -0.434. The van der Waals surface area contributed by atoms with Gasteiger partial charge in [-0.2, -0.15) is 0 Å². The summed E-state index contributed by atoms with van der Waals surface area (Å²) in [5.74, 6) is 2.11. The van der Waals surface area contributed by atoms with Crippen molar-refractivity contribution in [1.82, 2.24) is 14.3 Å². The molecule has 1 atom stereocenters. The van der Waals surface area contributed by atoms with Gasteiger partial charge in [-0.3, -0.25) is 4.31 Å². The fraction of sp³-hybridized carbons (Fsp3) is 0.222. The van der Waals surface area contributed by atoms with Crippen molar-refractivity contribution >= 4 is 40.8 Å².